The molecule has 0 spiro atoms. The molecule has 0 N–H and O–H groups in total. The quantitative estimate of drug-likeness (QED) is 0.308. The lowest BCUT2D eigenvalue weighted by Crippen LogP contribution is -2.33. The Morgan fingerprint density at radius 1 is 1.04 bits per heavy atom. The van der Waals surface area contributed by atoms with Crippen molar-refractivity contribution in [3.63, 3.8) is 0 Å². The van der Waals surface area contributed by atoms with Gasteiger partial charge in [-0.3, -0.25) is 4.99 Å². The van der Waals surface area contributed by atoms with E-state index < -0.39 is 17.7 Å². The highest BCUT2D eigenvalue weighted by Crippen LogP contribution is 2.43. The third kappa shape index (κ3) is 3.40. The summed E-state index contributed by atoms with van der Waals surface area (Å²) >= 11 is 3.15. The van der Waals surface area contributed by atoms with E-state index in [2.05, 4.69) is 32.7 Å². The summed E-state index contributed by atoms with van der Waals surface area (Å²) in [4.78, 5) is 4.18. The fraction of sp³-hybridized carbons (Fsp3) is 0.200. The van der Waals surface area contributed by atoms with Crippen molar-refractivity contribution in [2.24, 2.45) is 10.1 Å². The summed E-state index contributed by atoms with van der Waals surface area (Å²) in [5, 5.41) is 3.75. The maximum absolute atomic E-state index is 13.3. The lowest BCUT2D eigenvalue weighted by Gasteiger charge is -2.20. The molecule has 9 heteroatoms. The van der Waals surface area contributed by atoms with Crippen molar-refractivity contribution < 1.29 is 22.0 Å². The first kappa shape index (κ1) is 18.3. The molecule has 0 fully saturated rings. The largest absolute Gasteiger partial charge is 0.458 e. The molecule has 0 amide bonds. The minimum absolute atomic E-state index is 0.254. The van der Waals surface area contributed by atoms with Crippen molar-refractivity contribution in [3.8, 4) is 11.1 Å². The van der Waals surface area contributed by atoms with Gasteiger partial charge < -0.3 is 0 Å². The number of benzene rings is 1. The van der Waals surface area contributed by atoms with Gasteiger partial charge in [0.15, 0.2) is 5.49 Å². The fourth-order valence-electron chi connectivity index (χ4n) is 2.07. The number of aromatic nitrogens is 1. The second kappa shape index (κ2) is 6.84. The van der Waals surface area contributed by atoms with Crippen molar-refractivity contribution in [3.05, 3.63) is 53.6 Å². The van der Waals surface area contributed by atoms with Gasteiger partial charge in [-0.1, -0.05) is 40.2 Å². The third-order valence-electron chi connectivity index (χ3n) is 3.22. The molecule has 1 aromatic carbocycles. The number of halogens is 6. The normalized spacial score (nSPS) is 13.2. The molecule has 2 aromatic rings. The molecule has 0 atom stereocenters. The van der Waals surface area contributed by atoms with Gasteiger partial charge >= 0.3 is 12.1 Å². The molecule has 1 heterocycles. The molecular weight excluding hydrogens is 397 g/mol. The van der Waals surface area contributed by atoms with Crippen LogP contribution in [0.1, 0.15) is 5.56 Å². The maximum Gasteiger partial charge on any atom is 0.458 e. The van der Waals surface area contributed by atoms with Gasteiger partial charge in [0, 0.05) is 24.0 Å². The van der Waals surface area contributed by atoms with Gasteiger partial charge in [0.1, 0.15) is 0 Å². The smallest absolute Gasteiger partial charge is 0.255 e. The molecule has 24 heavy (non-hydrogen) atoms. The Morgan fingerprint density at radius 3 is 2.17 bits per heavy atom. The number of rotatable bonds is 4. The Bertz CT molecular complexity index is 794. The summed E-state index contributed by atoms with van der Waals surface area (Å²) in [6.07, 6.45) is -4.06. The summed E-state index contributed by atoms with van der Waals surface area (Å²) in [5.41, 5.74) is 0.466. The summed E-state index contributed by atoms with van der Waals surface area (Å²) in [5.74, 6) is -4.91. The molecule has 3 nitrogen and oxygen atoms in total. The third-order valence-corrected chi connectivity index (χ3v) is 3.48. The van der Waals surface area contributed by atoms with E-state index in [0.29, 0.717) is 16.6 Å². The van der Waals surface area contributed by atoms with E-state index in [1.165, 1.54) is 16.8 Å². The maximum atomic E-state index is 13.3. The highest BCUT2D eigenvalue weighted by Gasteiger charge is 2.58. The highest BCUT2D eigenvalue weighted by atomic mass is 79.9. The number of hydrogen-bond acceptors (Lipinski definition) is 2. The molecule has 0 saturated heterocycles. The molecule has 128 valence electrons. The molecule has 0 radical (unpaired) electrons. The molecule has 0 bridgehead atoms. The van der Waals surface area contributed by atoms with Gasteiger partial charge in [0.05, 0.1) is 5.45 Å². The SMILES string of the molecule is C=Nn1cccc(-c2ccc(C(F)(F)C(F)(F)F)cc2)c1=NCBr. The van der Waals surface area contributed by atoms with Crippen LogP contribution in [0.5, 0.6) is 0 Å². The summed E-state index contributed by atoms with van der Waals surface area (Å²) in [6, 6.07) is 7.16. The van der Waals surface area contributed by atoms with Crippen LogP contribution >= 0.6 is 15.9 Å². The predicted octanol–water partition coefficient (Wildman–Crippen LogP) is 4.53. The van der Waals surface area contributed by atoms with Crippen LogP contribution in [-0.2, 0) is 5.92 Å². The summed E-state index contributed by atoms with van der Waals surface area (Å²) in [6.45, 7) is 3.40. The molecular formula is C15H11BrF5N3. The van der Waals surface area contributed by atoms with Crippen LogP contribution in [0.15, 0.2) is 52.7 Å². The Labute approximate surface area is 142 Å². The Kier molecular flexibility index (Phi) is 5.22. The average molecular weight is 408 g/mol. The zero-order valence-electron chi connectivity index (χ0n) is 12.1. The molecule has 1 aromatic heterocycles. The number of hydrogen-bond donors (Lipinski definition) is 0. The van der Waals surface area contributed by atoms with E-state index in [1.54, 1.807) is 18.3 Å². The van der Waals surface area contributed by atoms with Crippen molar-refractivity contribution >= 4 is 22.6 Å². The first-order valence-electron chi connectivity index (χ1n) is 6.53. The highest BCUT2D eigenvalue weighted by molar-refractivity contribution is 9.09. The predicted molar refractivity (Wildman–Crippen MR) is 84.1 cm³/mol. The van der Waals surface area contributed by atoms with Crippen LogP contribution in [0.4, 0.5) is 22.0 Å². The monoisotopic (exact) mass is 407 g/mol. The molecule has 0 aliphatic heterocycles. The Hall–Kier alpha value is -2.03. The van der Waals surface area contributed by atoms with E-state index in [0.717, 1.165) is 12.1 Å². The van der Waals surface area contributed by atoms with E-state index in [-0.39, 0.29) is 5.45 Å². The number of nitrogens with zero attached hydrogens (tertiary/aromatic N) is 3. The summed E-state index contributed by atoms with van der Waals surface area (Å²) < 4.78 is 65.3. The van der Waals surface area contributed by atoms with Gasteiger partial charge in [-0.2, -0.15) is 27.1 Å². The first-order chi connectivity index (χ1) is 11.2. The average Bonchev–Trinajstić information content (AvgIpc) is 2.54. The molecule has 0 unspecified atom stereocenters. The van der Waals surface area contributed by atoms with Crippen LogP contribution < -0.4 is 5.49 Å². The van der Waals surface area contributed by atoms with Crippen molar-refractivity contribution in [1.29, 1.82) is 0 Å². The topological polar surface area (TPSA) is 29.6 Å². The zero-order chi connectivity index (χ0) is 18.0. The second-order valence-corrected chi connectivity index (χ2v) is 5.16. The van der Waals surface area contributed by atoms with Crippen LogP contribution in [0.25, 0.3) is 11.1 Å². The van der Waals surface area contributed by atoms with E-state index >= 15 is 0 Å². The Balaban J connectivity index is 2.54. The minimum atomic E-state index is -5.65. The molecule has 0 aliphatic carbocycles. The molecule has 0 aliphatic rings. The van der Waals surface area contributed by atoms with Crippen LogP contribution in [-0.4, -0.2) is 23.0 Å². The lowest BCUT2D eigenvalue weighted by molar-refractivity contribution is -0.289. The van der Waals surface area contributed by atoms with E-state index in [9.17, 15) is 22.0 Å². The number of alkyl halides is 6. The van der Waals surface area contributed by atoms with Gasteiger partial charge in [0.2, 0.25) is 0 Å². The van der Waals surface area contributed by atoms with Gasteiger partial charge in [-0.25, -0.2) is 4.68 Å². The molecule has 0 saturated carbocycles. The fourth-order valence-corrected chi connectivity index (χ4v) is 2.30. The number of pyridine rings is 1. The second-order valence-electron chi connectivity index (χ2n) is 4.66. The van der Waals surface area contributed by atoms with Crippen LogP contribution in [0.2, 0.25) is 0 Å². The minimum Gasteiger partial charge on any atom is -0.255 e. The van der Waals surface area contributed by atoms with E-state index in [4.69, 9.17) is 0 Å². The van der Waals surface area contributed by atoms with Gasteiger partial charge in [-0.15, -0.1) is 0 Å². The summed E-state index contributed by atoms with van der Waals surface area (Å²) in [7, 11) is 0. The van der Waals surface area contributed by atoms with Gasteiger partial charge in [0.25, 0.3) is 0 Å². The van der Waals surface area contributed by atoms with Crippen molar-refractivity contribution in [2.75, 3.05) is 5.45 Å². The zero-order valence-corrected chi connectivity index (χ0v) is 13.7. The van der Waals surface area contributed by atoms with Crippen molar-refractivity contribution in [1.82, 2.24) is 4.68 Å². The Morgan fingerprint density at radius 2 is 1.67 bits per heavy atom. The van der Waals surface area contributed by atoms with Gasteiger partial charge in [-0.05, 0) is 17.7 Å². The first-order valence-corrected chi connectivity index (χ1v) is 7.65. The van der Waals surface area contributed by atoms with Crippen LogP contribution in [0.3, 0.4) is 0 Å². The molecule has 2 rings (SSSR count). The lowest BCUT2D eigenvalue weighted by atomic mass is 10.0. The van der Waals surface area contributed by atoms with Crippen molar-refractivity contribution in [2.45, 2.75) is 12.1 Å². The van der Waals surface area contributed by atoms with E-state index in [1.807, 2.05) is 0 Å². The van der Waals surface area contributed by atoms with Crippen LogP contribution in [0, 0.1) is 0 Å². The standard InChI is InChI=1S/C15H11BrF5N3/c1-22-24-8-2-3-12(13(24)23-9-16)10-4-6-11(7-5-10)14(17,18)15(19,20)21/h2-8H,1,9H2.